The minimum absolute atomic E-state index is 0.0324. The van der Waals surface area contributed by atoms with E-state index in [1.54, 1.807) is 18.2 Å². The van der Waals surface area contributed by atoms with Crippen LogP contribution in [-0.2, 0) is 11.2 Å². The number of hydrogen-bond acceptors (Lipinski definition) is 3. The second-order valence-corrected chi connectivity index (χ2v) is 4.89. The summed E-state index contributed by atoms with van der Waals surface area (Å²) < 4.78 is 31.6. The number of halogens is 2. The Morgan fingerprint density at radius 2 is 1.83 bits per heavy atom. The fraction of sp³-hybridized carbons (Fsp3) is 0.0588. The smallest absolute Gasteiger partial charge is 0.230 e. The van der Waals surface area contributed by atoms with Gasteiger partial charge in [-0.15, -0.1) is 0 Å². The minimum atomic E-state index is -0.425. The van der Waals surface area contributed by atoms with E-state index in [1.165, 1.54) is 36.4 Å². The summed E-state index contributed by atoms with van der Waals surface area (Å²) in [5, 5.41) is 6.38. The molecule has 3 rings (SSSR count). The highest BCUT2D eigenvalue weighted by molar-refractivity contribution is 5.92. The highest BCUT2D eigenvalue weighted by Gasteiger charge is 2.13. The van der Waals surface area contributed by atoms with Gasteiger partial charge in [-0.2, -0.15) is 0 Å². The van der Waals surface area contributed by atoms with Crippen molar-refractivity contribution in [1.82, 2.24) is 5.16 Å². The SMILES string of the molecule is O=C(Cc1cc(-c2ccccc2F)on1)Nc1ccc(F)cc1. The van der Waals surface area contributed by atoms with Gasteiger partial charge in [-0.25, -0.2) is 8.78 Å². The van der Waals surface area contributed by atoms with Crippen LogP contribution < -0.4 is 5.32 Å². The maximum Gasteiger partial charge on any atom is 0.230 e. The van der Waals surface area contributed by atoms with E-state index < -0.39 is 5.82 Å². The molecular formula is C17H12F2N2O2. The summed E-state index contributed by atoms with van der Waals surface area (Å²) in [5.74, 6) is -0.877. The number of carbonyl (C=O) groups excluding carboxylic acids is 1. The molecule has 1 aromatic heterocycles. The fourth-order valence-corrected chi connectivity index (χ4v) is 2.09. The Hall–Kier alpha value is -3.02. The molecule has 0 radical (unpaired) electrons. The van der Waals surface area contributed by atoms with E-state index in [9.17, 15) is 13.6 Å². The zero-order valence-electron chi connectivity index (χ0n) is 11.9. The maximum absolute atomic E-state index is 13.7. The predicted molar refractivity (Wildman–Crippen MR) is 80.6 cm³/mol. The lowest BCUT2D eigenvalue weighted by molar-refractivity contribution is -0.115. The van der Waals surface area contributed by atoms with Crippen LogP contribution in [-0.4, -0.2) is 11.1 Å². The second kappa shape index (κ2) is 6.39. The van der Waals surface area contributed by atoms with Gasteiger partial charge in [0.15, 0.2) is 5.76 Å². The largest absolute Gasteiger partial charge is 0.356 e. The number of nitrogens with one attached hydrogen (secondary N) is 1. The Bertz CT molecular complexity index is 829. The van der Waals surface area contributed by atoms with Crippen molar-refractivity contribution in [2.45, 2.75) is 6.42 Å². The number of nitrogens with zero attached hydrogens (tertiary/aromatic N) is 1. The zero-order chi connectivity index (χ0) is 16.2. The van der Waals surface area contributed by atoms with Crippen molar-refractivity contribution in [2.24, 2.45) is 0 Å². The Labute approximate surface area is 130 Å². The first kappa shape index (κ1) is 14.9. The molecule has 0 atom stereocenters. The van der Waals surface area contributed by atoms with Crippen LogP contribution in [0.25, 0.3) is 11.3 Å². The molecule has 0 saturated heterocycles. The number of hydrogen-bond donors (Lipinski definition) is 1. The summed E-state index contributed by atoms with van der Waals surface area (Å²) in [7, 11) is 0. The van der Waals surface area contributed by atoms with E-state index in [2.05, 4.69) is 10.5 Å². The van der Waals surface area contributed by atoms with Gasteiger partial charge >= 0.3 is 0 Å². The lowest BCUT2D eigenvalue weighted by Crippen LogP contribution is -2.14. The molecule has 6 heteroatoms. The Kier molecular flexibility index (Phi) is 4.14. The Morgan fingerprint density at radius 3 is 2.57 bits per heavy atom. The van der Waals surface area contributed by atoms with Crippen molar-refractivity contribution in [1.29, 1.82) is 0 Å². The molecule has 1 heterocycles. The molecule has 0 aliphatic rings. The van der Waals surface area contributed by atoms with Gasteiger partial charge in [-0.1, -0.05) is 17.3 Å². The molecule has 3 aromatic rings. The lowest BCUT2D eigenvalue weighted by Gasteiger charge is -2.03. The van der Waals surface area contributed by atoms with Gasteiger partial charge in [-0.05, 0) is 36.4 Å². The standard InChI is InChI=1S/C17H12F2N2O2/c18-11-5-7-12(8-6-11)20-17(22)10-13-9-16(23-21-13)14-3-1-2-4-15(14)19/h1-9H,10H2,(H,20,22). The fourth-order valence-electron chi connectivity index (χ4n) is 2.09. The number of amides is 1. The molecule has 0 spiro atoms. The van der Waals surface area contributed by atoms with Gasteiger partial charge in [0.05, 0.1) is 17.7 Å². The normalized spacial score (nSPS) is 10.5. The van der Waals surface area contributed by atoms with Crippen molar-refractivity contribution in [3.05, 3.63) is 71.9 Å². The van der Waals surface area contributed by atoms with Crippen LogP contribution in [0.1, 0.15) is 5.69 Å². The predicted octanol–water partition coefficient (Wildman–Crippen LogP) is 3.80. The van der Waals surface area contributed by atoms with E-state index in [0.717, 1.165) is 0 Å². The topological polar surface area (TPSA) is 55.1 Å². The molecule has 0 aliphatic heterocycles. The third kappa shape index (κ3) is 3.60. The quantitative estimate of drug-likeness (QED) is 0.797. The van der Waals surface area contributed by atoms with Crippen LogP contribution in [0.4, 0.5) is 14.5 Å². The number of aromatic nitrogens is 1. The monoisotopic (exact) mass is 314 g/mol. The lowest BCUT2D eigenvalue weighted by atomic mass is 10.1. The van der Waals surface area contributed by atoms with Gasteiger partial charge in [0, 0.05) is 11.8 Å². The first-order valence-electron chi connectivity index (χ1n) is 6.88. The molecule has 4 nitrogen and oxygen atoms in total. The zero-order valence-corrected chi connectivity index (χ0v) is 11.9. The summed E-state index contributed by atoms with van der Waals surface area (Å²) in [6.07, 6.45) is -0.0324. The van der Waals surface area contributed by atoms with Crippen molar-refractivity contribution in [3.8, 4) is 11.3 Å². The van der Waals surface area contributed by atoms with E-state index in [1.807, 2.05) is 0 Å². The molecule has 0 bridgehead atoms. The first-order chi connectivity index (χ1) is 11.1. The summed E-state index contributed by atoms with van der Waals surface area (Å²) in [4.78, 5) is 11.9. The molecule has 0 aliphatic carbocycles. The van der Waals surface area contributed by atoms with E-state index in [-0.39, 0.29) is 29.5 Å². The number of benzene rings is 2. The van der Waals surface area contributed by atoms with E-state index >= 15 is 0 Å². The molecule has 23 heavy (non-hydrogen) atoms. The van der Waals surface area contributed by atoms with E-state index in [0.29, 0.717) is 11.4 Å². The van der Waals surface area contributed by atoms with Gasteiger partial charge in [-0.3, -0.25) is 4.79 Å². The van der Waals surface area contributed by atoms with Crippen molar-refractivity contribution >= 4 is 11.6 Å². The summed E-state index contributed by atoms with van der Waals surface area (Å²) >= 11 is 0. The van der Waals surface area contributed by atoms with Crippen molar-refractivity contribution in [3.63, 3.8) is 0 Å². The third-order valence-electron chi connectivity index (χ3n) is 3.17. The molecule has 0 unspecified atom stereocenters. The molecular weight excluding hydrogens is 302 g/mol. The summed E-state index contributed by atoms with van der Waals surface area (Å²) in [5.41, 5.74) is 1.14. The molecule has 0 fully saturated rings. The highest BCUT2D eigenvalue weighted by atomic mass is 19.1. The van der Waals surface area contributed by atoms with Crippen molar-refractivity contribution < 1.29 is 18.1 Å². The van der Waals surface area contributed by atoms with E-state index in [4.69, 9.17) is 4.52 Å². The summed E-state index contributed by atoms with van der Waals surface area (Å²) in [6, 6.07) is 13.1. The highest BCUT2D eigenvalue weighted by Crippen LogP contribution is 2.23. The van der Waals surface area contributed by atoms with Gasteiger partial charge < -0.3 is 9.84 Å². The number of rotatable bonds is 4. The van der Waals surface area contributed by atoms with Gasteiger partial charge in [0.25, 0.3) is 0 Å². The number of carbonyl (C=O) groups is 1. The van der Waals surface area contributed by atoms with Crippen LogP contribution in [0.15, 0.2) is 59.1 Å². The van der Waals surface area contributed by atoms with Crippen LogP contribution in [0, 0.1) is 11.6 Å². The molecule has 116 valence electrons. The Morgan fingerprint density at radius 1 is 1.09 bits per heavy atom. The maximum atomic E-state index is 13.7. The Balaban J connectivity index is 1.68. The minimum Gasteiger partial charge on any atom is -0.356 e. The van der Waals surface area contributed by atoms with Crippen LogP contribution in [0.5, 0.6) is 0 Å². The second-order valence-electron chi connectivity index (χ2n) is 4.89. The van der Waals surface area contributed by atoms with Crippen LogP contribution in [0.2, 0.25) is 0 Å². The number of anilines is 1. The average molecular weight is 314 g/mol. The van der Waals surface area contributed by atoms with Gasteiger partial charge in [0.1, 0.15) is 11.6 Å². The molecule has 1 amide bonds. The van der Waals surface area contributed by atoms with Gasteiger partial charge in [0.2, 0.25) is 5.91 Å². The van der Waals surface area contributed by atoms with Crippen LogP contribution >= 0.6 is 0 Å². The van der Waals surface area contributed by atoms with Crippen molar-refractivity contribution in [2.75, 3.05) is 5.32 Å². The molecule has 1 N–H and O–H groups in total. The molecule has 2 aromatic carbocycles. The summed E-state index contributed by atoms with van der Waals surface area (Å²) in [6.45, 7) is 0. The third-order valence-corrected chi connectivity index (χ3v) is 3.17. The average Bonchev–Trinajstić information content (AvgIpc) is 2.98. The molecule has 0 saturated carbocycles. The van der Waals surface area contributed by atoms with Crippen LogP contribution in [0.3, 0.4) is 0 Å². The first-order valence-corrected chi connectivity index (χ1v) is 6.88.